The van der Waals surface area contributed by atoms with Crippen LogP contribution < -0.4 is 0 Å². The molecule has 0 saturated carbocycles. The van der Waals surface area contributed by atoms with E-state index < -0.39 is 0 Å². The number of benzene rings is 2. The minimum atomic E-state index is 0. The van der Waals surface area contributed by atoms with Crippen LogP contribution >= 0.6 is 0 Å². The molecule has 0 saturated heterocycles. The van der Waals surface area contributed by atoms with Crippen LogP contribution in [0.4, 0.5) is 0 Å². The van der Waals surface area contributed by atoms with Crippen LogP contribution in [0.2, 0.25) is 0 Å². The first-order valence-corrected chi connectivity index (χ1v) is 15.0. The van der Waals surface area contributed by atoms with Crippen molar-refractivity contribution >= 4 is 22.6 Å². The van der Waals surface area contributed by atoms with E-state index in [1.165, 1.54) is 44.6 Å². The first kappa shape index (κ1) is 28.4. The van der Waals surface area contributed by atoms with Gasteiger partial charge in [-0.15, -0.1) is 53.1 Å². The van der Waals surface area contributed by atoms with Gasteiger partial charge in [-0.3, -0.25) is 0 Å². The van der Waals surface area contributed by atoms with E-state index in [2.05, 4.69) is 78.5 Å². The maximum absolute atomic E-state index is 6.48. The Bertz CT molecular complexity index is 2030. The van der Waals surface area contributed by atoms with Gasteiger partial charge in [0.2, 0.25) is 0 Å². The average molecular weight is 747 g/mol. The quantitative estimate of drug-likeness (QED) is 0.169. The van der Waals surface area contributed by atoms with Crippen molar-refractivity contribution in [3.05, 3.63) is 154 Å². The largest absolute Gasteiger partial charge is 0.476 e. The fourth-order valence-electron chi connectivity index (χ4n) is 6.83. The van der Waals surface area contributed by atoms with Crippen LogP contribution in [-0.4, -0.2) is 9.97 Å². The predicted octanol–water partition coefficient (Wildman–Crippen LogP) is 9.85. The second-order valence-corrected chi connectivity index (χ2v) is 11.6. The van der Waals surface area contributed by atoms with Crippen molar-refractivity contribution in [1.82, 2.24) is 9.97 Å². The number of aromatic nitrogens is 2. The van der Waals surface area contributed by atoms with Crippen molar-refractivity contribution in [3.63, 3.8) is 0 Å². The number of allylic oxidation sites excluding steroid dienone is 9. The molecular weight excluding hydrogens is 717 g/mol. The summed E-state index contributed by atoms with van der Waals surface area (Å²) in [5.74, 6) is 1.35. The first-order chi connectivity index (χ1) is 21.1. The topological polar surface area (TPSA) is 38.9 Å². The van der Waals surface area contributed by atoms with Gasteiger partial charge in [-0.2, -0.15) is 0 Å². The summed E-state index contributed by atoms with van der Waals surface area (Å²) in [6.45, 7) is 4.15. The molecule has 3 heterocycles. The monoisotopic (exact) mass is 747 g/mol. The summed E-state index contributed by atoms with van der Waals surface area (Å²) in [5, 5.41) is 1.12. The van der Waals surface area contributed by atoms with Crippen LogP contribution in [-0.2, 0) is 20.1 Å². The van der Waals surface area contributed by atoms with Crippen LogP contribution in [0, 0.1) is 31.9 Å². The Morgan fingerprint density at radius 3 is 2.57 bits per heavy atom. The van der Waals surface area contributed by atoms with Crippen molar-refractivity contribution in [1.29, 1.82) is 0 Å². The Morgan fingerprint density at radius 2 is 1.73 bits per heavy atom. The second-order valence-electron chi connectivity index (χ2n) is 11.6. The Hall–Kier alpha value is -4.37. The molecule has 217 valence electrons. The summed E-state index contributed by atoms with van der Waals surface area (Å²) < 4.78 is 6.48. The zero-order valence-corrected chi connectivity index (χ0v) is 27.0. The summed E-state index contributed by atoms with van der Waals surface area (Å²) in [5.41, 5.74) is 15.8. The maximum atomic E-state index is 6.48. The van der Waals surface area contributed by atoms with Crippen molar-refractivity contribution < 1.29 is 24.5 Å². The number of hydrogen-bond acceptors (Lipinski definition) is 3. The number of hydrogen-bond donors (Lipinski definition) is 0. The van der Waals surface area contributed by atoms with Crippen LogP contribution in [0.1, 0.15) is 41.7 Å². The summed E-state index contributed by atoms with van der Waals surface area (Å²) in [7, 11) is 0. The fraction of sp³-hybridized carbons (Fsp3) is 0.150. The van der Waals surface area contributed by atoms with E-state index in [0.717, 1.165) is 58.5 Å². The van der Waals surface area contributed by atoms with E-state index in [4.69, 9.17) is 4.42 Å². The Morgan fingerprint density at radius 1 is 0.864 bits per heavy atom. The standard InChI is InChI=1S/C27H18NO.C13H12N.Ir/c1-2-14-28-22(8-1)19-7-4-9-23-26(19)21-15-18-11-10-16-5-3-6-17-12-13-20(27(21)29-23)25(18)24(16)17;1-10-4-3-5-12(8-10)13-9-11(2)6-7-14-13;/h1-2,4,6,8-11,13-15,25H,3,5,12H2;3-4,6-9H,1-2H3;/q2*-1;. The van der Waals surface area contributed by atoms with Crippen molar-refractivity contribution in [3.8, 4) is 22.5 Å². The SMILES string of the molecule is Cc1cc[c-]c(-c2cc(C)ccn2)c1.[Ir].[c-]1ccc2oc3c(c2c1-c1ccccn1)C=C1C=CC2=C4C(=CCC2)CC=C3C14. The molecule has 1 unspecified atom stereocenters. The minimum absolute atomic E-state index is 0. The van der Waals surface area contributed by atoms with Crippen LogP contribution in [0.3, 0.4) is 0 Å². The smallest absolute Gasteiger partial charge is 0.127 e. The molecule has 0 bridgehead atoms. The molecule has 0 fully saturated rings. The van der Waals surface area contributed by atoms with Gasteiger partial charge in [0, 0.05) is 44.0 Å². The molecule has 0 aliphatic heterocycles. The fourth-order valence-corrected chi connectivity index (χ4v) is 6.83. The Kier molecular flexibility index (Phi) is 7.50. The van der Waals surface area contributed by atoms with E-state index in [0.29, 0.717) is 5.92 Å². The predicted molar refractivity (Wildman–Crippen MR) is 174 cm³/mol. The van der Waals surface area contributed by atoms with E-state index in [-0.39, 0.29) is 20.1 Å². The van der Waals surface area contributed by atoms with Crippen LogP contribution in [0.5, 0.6) is 0 Å². The third-order valence-electron chi connectivity index (χ3n) is 8.78. The van der Waals surface area contributed by atoms with Crippen molar-refractivity contribution in [2.45, 2.75) is 33.1 Å². The van der Waals surface area contributed by atoms with Gasteiger partial charge in [0.15, 0.2) is 0 Å². The molecule has 44 heavy (non-hydrogen) atoms. The van der Waals surface area contributed by atoms with Gasteiger partial charge in [0.05, 0.1) is 5.58 Å². The molecule has 2 aromatic carbocycles. The van der Waals surface area contributed by atoms with Gasteiger partial charge in [-0.1, -0.05) is 72.5 Å². The normalized spacial score (nSPS) is 17.3. The van der Waals surface area contributed by atoms with Gasteiger partial charge in [-0.25, -0.2) is 0 Å². The summed E-state index contributed by atoms with van der Waals surface area (Å²) in [6.07, 6.45) is 18.8. The Balaban J connectivity index is 0.000000177. The number of fused-ring (bicyclic) bond motifs is 4. The van der Waals surface area contributed by atoms with Crippen LogP contribution in [0.25, 0.3) is 45.1 Å². The van der Waals surface area contributed by atoms with E-state index >= 15 is 0 Å². The third-order valence-corrected chi connectivity index (χ3v) is 8.78. The number of furan rings is 1. The van der Waals surface area contributed by atoms with Gasteiger partial charge in [-0.05, 0) is 77.6 Å². The van der Waals surface area contributed by atoms with Gasteiger partial charge < -0.3 is 14.4 Å². The minimum Gasteiger partial charge on any atom is -0.476 e. The molecule has 0 spiro atoms. The number of rotatable bonds is 2. The second kappa shape index (κ2) is 11.6. The summed E-state index contributed by atoms with van der Waals surface area (Å²) in [4.78, 5) is 8.89. The first-order valence-electron chi connectivity index (χ1n) is 15.0. The van der Waals surface area contributed by atoms with Gasteiger partial charge >= 0.3 is 0 Å². The van der Waals surface area contributed by atoms with Crippen molar-refractivity contribution in [2.24, 2.45) is 5.92 Å². The molecule has 1 atom stereocenters. The molecule has 3 nitrogen and oxygen atoms in total. The van der Waals surface area contributed by atoms with Crippen LogP contribution in [0.15, 0.2) is 124 Å². The number of aryl methyl sites for hydroxylation is 2. The maximum Gasteiger partial charge on any atom is 0.127 e. The molecule has 4 aliphatic rings. The summed E-state index contributed by atoms with van der Waals surface area (Å²) in [6, 6.07) is 26.7. The molecular formula is C40H30IrN2O-2. The zero-order valence-electron chi connectivity index (χ0n) is 24.6. The molecule has 5 aromatic rings. The summed E-state index contributed by atoms with van der Waals surface area (Å²) >= 11 is 0. The molecule has 3 aromatic heterocycles. The Labute approximate surface area is 271 Å². The molecule has 1 radical (unpaired) electrons. The average Bonchev–Trinajstić information content (AvgIpc) is 3.43. The number of pyridine rings is 2. The molecule has 9 rings (SSSR count). The molecule has 4 heteroatoms. The zero-order chi connectivity index (χ0) is 28.9. The number of nitrogens with zero attached hydrogens (tertiary/aromatic N) is 2. The van der Waals surface area contributed by atoms with E-state index in [1.807, 2.05) is 60.9 Å². The van der Waals surface area contributed by atoms with E-state index in [1.54, 1.807) is 0 Å². The third kappa shape index (κ3) is 4.89. The molecule has 0 amide bonds. The molecule has 4 aliphatic carbocycles. The van der Waals surface area contributed by atoms with E-state index in [9.17, 15) is 0 Å². The van der Waals surface area contributed by atoms with Crippen molar-refractivity contribution in [2.75, 3.05) is 0 Å². The van der Waals surface area contributed by atoms with Gasteiger partial charge in [0.25, 0.3) is 0 Å². The molecule has 0 N–H and O–H groups in total. The van der Waals surface area contributed by atoms with Gasteiger partial charge in [0.1, 0.15) is 5.76 Å².